The quantitative estimate of drug-likeness (QED) is 0.785. The molecule has 0 saturated heterocycles. The van der Waals surface area contributed by atoms with Crippen LogP contribution in [0.2, 0.25) is 0 Å². The molecule has 0 amide bonds. The van der Waals surface area contributed by atoms with Crippen molar-refractivity contribution in [2.75, 3.05) is 6.54 Å². The summed E-state index contributed by atoms with van der Waals surface area (Å²) in [5, 5.41) is 19.7. The summed E-state index contributed by atoms with van der Waals surface area (Å²) < 4.78 is 3.86. The smallest absolute Gasteiger partial charge is 0.169 e. The van der Waals surface area contributed by atoms with E-state index >= 15 is 0 Å². The molecule has 3 rings (SSSR count). The molecule has 1 N–H and O–H groups in total. The molecule has 102 valence electrons. The number of nitrogens with one attached hydrogen (secondary N) is 1. The molecule has 1 aromatic carbocycles. The largest absolute Gasteiger partial charge is 0.304 e. The number of rotatable bonds is 5. The van der Waals surface area contributed by atoms with E-state index in [0.29, 0.717) is 0 Å². The van der Waals surface area contributed by atoms with Crippen LogP contribution in [-0.4, -0.2) is 26.3 Å². The number of aromatic nitrogens is 4. The van der Waals surface area contributed by atoms with Crippen LogP contribution in [0.5, 0.6) is 0 Å². The van der Waals surface area contributed by atoms with Gasteiger partial charge in [0.15, 0.2) is 5.01 Å². The van der Waals surface area contributed by atoms with Crippen molar-refractivity contribution in [2.24, 2.45) is 0 Å². The van der Waals surface area contributed by atoms with E-state index in [1.54, 1.807) is 11.3 Å². The minimum Gasteiger partial charge on any atom is -0.304 e. The average Bonchev–Trinajstić information content (AvgIpc) is 3.16. The Kier molecular flexibility index (Phi) is 4.10. The van der Waals surface area contributed by atoms with Crippen LogP contribution in [0.3, 0.4) is 0 Å². The predicted octanol–water partition coefficient (Wildman–Crippen LogP) is 2.76. The zero-order chi connectivity index (χ0) is 13.8. The van der Waals surface area contributed by atoms with Gasteiger partial charge >= 0.3 is 0 Å². The van der Waals surface area contributed by atoms with E-state index in [4.69, 9.17) is 0 Å². The standard InChI is InChI=1S/C13H13N5S2/c1-2-14-11(9-6-4-3-5-7-9)13-17-16-12(20-13)10-8-19-18-15-10/h3-8,11,14H,2H2,1H3. The Hall–Kier alpha value is -1.70. The molecule has 0 aliphatic heterocycles. The molecule has 2 heterocycles. The van der Waals surface area contributed by atoms with Gasteiger partial charge < -0.3 is 5.32 Å². The first kappa shape index (κ1) is 13.3. The second kappa shape index (κ2) is 6.17. The monoisotopic (exact) mass is 303 g/mol. The lowest BCUT2D eigenvalue weighted by atomic mass is 10.1. The molecule has 0 aliphatic rings. The van der Waals surface area contributed by atoms with Gasteiger partial charge in [0, 0.05) is 5.38 Å². The van der Waals surface area contributed by atoms with Crippen molar-refractivity contribution in [1.29, 1.82) is 0 Å². The highest BCUT2D eigenvalue weighted by Crippen LogP contribution is 2.29. The van der Waals surface area contributed by atoms with Crippen molar-refractivity contribution in [3.63, 3.8) is 0 Å². The Labute approximate surface area is 124 Å². The first-order valence-corrected chi connectivity index (χ1v) is 7.93. The number of hydrogen-bond acceptors (Lipinski definition) is 7. The molecule has 0 spiro atoms. The van der Waals surface area contributed by atoms with Crippen LogP contribution in [0.4, 0.5) is 0 Å². The summed E-state index contributed by atoms with van der Waals surface area (Å²) in [6.45, 7) is 2.95. The second-order valence-corrected chi connectivity index (χ2v) is 5.76. The fraction of sp³-hybridized carbons (Fsp3) is 0.231. The second-order valence-electron chi connectivity index (χ2n) is 4.14. The van der Waals surface area contributed by atoms with Crippen LogP contribution in [0, 0.1) is 0 Å². The molecule has 20 heavy (non-hydrogen) atoms. The van der Waals surface area contributed by atoms with Crippen LogP contribution >= 0.6 is 22.9 Å². The summed E-state index contributed by atoms with van der Waals surface area (Å²) >= 11 is 2.87. The van der Waals surface area contributed by atoms with Gasteiger partial charge in [-0.15, -0.1) is 15.3 Å². The van der Waals surface area contributed by atoms with Gasteiger partial charge in [-0.3, -0.25) is 0 Å². The molecular weight excluding hydrogens is 290 g/mol. The van der Waals surface area contributed by atoms with Gasteiger partial charge in [0.05, 0.1) is 6.04 Å². The molecule has 0 fully saturated rings. The fourth-order valence-electron chi connectivity index (χ4n) is 1.91. The molecule has 2 aromatic heterocycles. The highest BCUT2D eigenvalue weighted by atomic mass is 32.1. The van der Waals surface area contributed by atoms with E-state index in [9.17, 15) is 0 Å². The first-order valence-electron chi connectivity index (χ1n) is 6.27. The summed E-state index contributed by atoms with van der Waals surface area (Å²) in [7, 11) is 0. The van der Waals surface area contributed by atoms with Crippen molar-refractivity contribution in [2.45, 2.75) is 13.0 Å². The first-order chi connectivity index (χ1) is 9.88. The van der Waals surface area contributed by atoms with E-state index in [-0.39, 0.29) is 6.04 Å². The molecule has 1 unspecified atom stereocenters. The maximum absolute atomic E-state index is 4.31. The molecule has 5 nitrogen and oxygen atoms in total. The van der Waals surface area contributed by atoms with Crippen molar-refractivity contribution in [3.8, 4) is 10.7 Å². The van der Waals surface area contributed by atoms with Crippen molar-refractivity contribution in [3.05, 3.63) is 46.3 Å². The SMILES string of the molecule is CCNC(c1ccccc1)c1nnc(-c2csnn2)s1. The maximum Gasteiger partial charge on any atom is 0.169 e. The topological polar surface area (TPSA) is 63.6 Å². The van der Waals surface area contributed by atoms with Crippen LogP contribution in [-0.2, 0) is 0 Å². The summed E-state index contributed by atoms with van der Waals surface area (Å²) in [4.78, 5) is 0. The molecule has 0 radical (unpaired) electrons. The fourth-order valence-corrected chi connectivity index (χ4v) is 3.33. The normalized spacial score (nSPS) is 12.4. The third kappa shape index (κ3) is 2.74. The van der Waals surface area contributed by atoms with Gasteiger partial charge in [-0.2, -0.15) is 0 Å². The van der Waals surface area contributed by atoms with Gasteiger partial charge in [-0.1, -0.05) is 53.1 Å². The summed E-state index contributed by atoms with van der Waals surface area (Å²) in [6.07, 6.45) is 0. The van der Waals surface area contributed by atoms with E-state index in [2.05, 4.69) is 44.2 Å². The molecule has 7 heteroatoms. The number of nitrogens with zero attached hydrogens (tertiary/aromatic N) is 4. The Balaban J connectivity index is 1.92. The van der Waals surface area contributed by atoms with Gasteiger partial charge in [-0.05, 0) is 23.6 Å². The maximum atomic E-state index is 4.31. The highest BCUT2D eigenvalue weighted by molar-refractivity contribution is 7.15. The minimum atomic E-state index is 0.0686. The van der Waals surface area contributed by atoms with Crippen LogP contribution in [0.1, 0.15) is 23.5 Å². The Bertz CT molecular complexity index is 650. The Morgan fingerprint density at radius 1 is 1.15 bits per heavy atom. The average molecular weight is 303 g/mol. The lowest BCUT2D eigenvalue weighted by Crippen LogP contribution is -2.21. The lowest BCUT2D eigenvalue weighted by Gasteiger charge is -2.14. The molecule has 0 bridgehead atoms. The van der Waals surface area contributed by atoms with Gasteiger partial charge in [0.2, 0.25) is 0 Å². The van der Waals surface area contributed by atoms with Crippen molar-refractivity contribution in [1.82, 2.24) is 25.1 Å². The zero-order valence-corrected chi connectivity index (χ0v) is 12.5. The van der Waals surface area contributed by atoms with E-state index < -0.39 is 0 Å². The van der Waals surface area contributed by atoms with E-state index in [0.717, 1.165) is 22.3 Å². The van der Waals surface area contributed by atoms with E-state index in [1.165, 1.54) is 17.1 Å². The molecule has 1 atom stereocenters. The van der Waals surface area contributed by atoms with Gasteiger partial charge in [0.1, 0.15) is 10.7 Å². The van der Waals surface area contributed by atoms with Gasteiger partial charge in [0.25, 0.3) is 0 Å². The lowest BCUT2D eigenvalue weighted by molar-refractivity contribution is 0.621. The zero-order valence-electron chi connectivity index (χ0n) is 10.9. The van der Waals surface area contributed by atoms with Crippen molar-refractivity contribution < 1.29 is 0 Å². The molecular formula is C13H13N5S2. The number of benzene rings is 1. The minimum absolute atomic E-state index is 0.0686. The van der Waals surface area contributed by atoms with Crippen LogP contribution in [0.25, 0.3) is 10.7 Å². The molecule has 3 aromatic rings. The summed E-state index contributed by atoms with van der Waals surface area (Å²) in [5.74, 6) is 0. The highest BCUT2D eigenvalue weighted by Gasteiger charge is 2.19. The number of hydrogen-bond donors (Lipinski definition) is 1. The van der Waals surface area contributed by atoms with E-state index in [1.807, 2.05) is 23.6 Å². The predicted molar refractivity (Wildman–Crippen MR) is 80.8 cm³/mol. The van der Waals surface area contributed by atoms with Crippen molar-refractivity contribution >= 4 is 22.9 Å². The molecule has 0 saturated carbocycles. The third-order valence-corrected chi connectivity index (χ3v) is 4.32. The Morgan fingerprint density at radius 3 is 2.70 bits per heavy atom. The summed E-state index contributed by atoms with van der Waals surface area (Å²) in [6, 6.07) is 10.3. The third-order valence-electron chi connectivity index (χ3n) is 2.81. The van der Waals surface area contributed by atoms with Gasteiger partial charge in [-0.25, -0.2) is 0 Å². The van der Waals surface area contributed by atoms with Crippen LogP contribution in [0.15, 0.2) is 35.7 Å². The Morgan fingerprint density at radius 2 is 2.00 bits per heavy atom. The summed E-state index contributed by atoms with van der Waals surface area (Å²) in [5.41, 5.74) is 1.98. The van der Waals surface area contributed by atoms with Crippen LogP contribution < -0.4 is 5.32 Å². The molecule has 0 aliphatic carbocycles.